The lowest BCUT2D eigenvalue weighted by atomic mass is 10.1. The largest absolute Gasteiger partial charge is 0.348 e. The fourth-order valence-electron chi connectivity index (χ4n) is 2.42. The standard InChI is InChI=1S/C19H24N2O/c1-3-17-11-13-21(14-12-17)15-19(22)20-16(2)9-10-18-7-5-4-6-8-18/h4-8,11-14,16H,3,9-10,15H2,1-2H3/p+1/t16-/m1/s1. The minimum absolute atomic E-state index is 0.0646. The summed E-state index contributed by atoms with van der Waals surface area (Å²) in [5.41, 5.74) is 2.60. The van der Waals surface area contributed by atoms with E-state index in [1.165, 1.54) is 11.1 Å². The van der Waals surface area contributed by atoms with Crippen LogP contribution in [0.2, 0.25) is 0 Å². The van der Waals surface area contributed by atoms with Gasteiger partial charge in [0.05, 0.1) is 0 Å². The Morgan fingerprint density at radius 3 is 2.41 bits per heavy atom. The van der Waals surface area contributed by atoms with Gasteiger partial charge < -0.3 is 5.32 Å². The fourth-order valence-corrected chi connectivity index (χ4v) is 2.42. The van der Waals surface area contributed by atoms with Crippen LogP contribution in [-0.4, -0.2) is 11.9 Å². The zero-order valence-corrected chi connectivity index (χ0v) is 13.5. The first kappa shape index (κ1) is 16.2. The molecule has 0 saturated carbocycles. The Balaban J connectivity index is 1.75. The highest BCUT2D eigenvalue weighted by molar-refractivity contribution is 5.74. The highest BCUT2D eigenvalue weighted by Gasteiger charge is 2.12. The number of carbonyl (C=O) groups is 1. The van der Waals surface area contributed by atoms with Gasteiger partial charge in [0, 0.05) is 18.2 Å². The van der Waals surface area contributed by atoms with Crippen LogP contribution in [0.15, 0.2) is 54.9 Å². The molecule has 0 spiro atoms. The maximum absolute atomic E-state index is 12.1. The van der Waals surface area contributed by atoms with Gasteiger partial charge in [0.25, 0.3) is 5.91 Å². The Morgan fingerprint density at radius 1 is 1.09 bits per heavy atom. The van der Waals surface area contributed by atoms with E-state index in [1.807, 2.05) is 23.0 Å². The Bertz CT molecular complexity index is 578. The van der Waals surface area contributed by atoms with E-state index < -0.39 is 0 Å². The molecule has 0 radical (unpaired) electrons. The van der Waals surface area contributed by atoms with Crippen molar-refractivity contribution in [2.45, 2.75) is 45.7 Å². The summed E-state index contributed by atoms with van der Waals surface area (Å²) in [5.74, 6) is 0.0646. The first-order chi connectivity index (χ1) is 10.7. The molecule has 0 bridgehead atoms. The number of pyridine rings is 1. The number of aromatic nitrogens is 1. The second-order valence-electron chi connectivity index (χ2n) is 5.73. The molecule has 116 valence electrons. The van der Waals surface area contributed by atoms with Gasteiger partial charge in [-0.3, -0.25) is 4.79 Å². The predicted octanol–water partition coefficient (Wildman–Crippen LogP) is 2.67. The molecule has 0 unspecified atom stereocenters. The maximum Gasteiger partial charge on any atom is 0.286 e. The number of nitrogens with one attached hydrogen (secondary N) is 1. The first-order valence-corrected chi connectivity index (χ1v) is 7.98. The average molecular weight is 297 g/mol. The molecule has 2 aromatic rings. The minimum atomic E-state index is 0.0646. The summed E-state index contributed by atoms with van der Waals surface area (Å²) in [6.07, 6.45) is 6.89. The summed E-state index contributed by atoms with van der Waals surface area (Å²) in [6.45, 7) is 4.56. The van der Waals surface area contributed by atoms with E-state index in [0.29, 0.717) is 6.54 Å². The Hall–Kier alpha value is -2.16. The Labute approximate surface area is 133 Å². The molecule has 1 aromatic heterocycles. The number of benzene rings is 1. The van der Waals surface area contributed by atoms with Gasteiger partial charge in [0.1, 0.15) is 0 Å². The summed E-state index contributed by atoms with van der Waals surface area (Å²) in [4.78, 5) is 12.1. The lowest BCUT2D eigenvalue weighted by molar-refractivity contribution is -0.684. The van der Waals surface area contributed by atoms with Gasteiger partial charge in [-0.15, -0.1) is 0 Å². The van der Waals surface area contributed by atoms with Crippen molar-refractivity contribution in [3.05, 3.63) is 66.0 Å². The molecule has 0 aliphatic carbocycles. The highest BCUT2D eigenvalue weighted by atomic mass is 16.2. The Kier molecular flexibility index (Phi) is 6.13. The van der Waals surface area contributed by atoms with Crippen LogP contribution in [0.3, 0.4) is 0 Å². The van der Waals surface area contributed by atoms with Crippen molar-refractivity contribution in [1.82, 2.24) is 5.32 Å². The fraction of sp³-hybridized carbons (Fsp3) is 0.368. The van der Waals surface area contributed by atoms with Gasteiger partial charge in [0.2, 0.25) is 6.54 Å². The molecule has 0 aliphatic heterocycles. The third-order valence-electron chi connectivity index (χ3n) is 3.81. The molecule has 1 N–H and O–H groups in total. The predicted molar refractivity (Wildman–Crippen MR) is 88.4 cm³/mol. The molecule has 22 heavy (non-hydrogen) atoms. The van der Waals surface area contributed by atoms with Crippen LogP contribution in [0.4, 0.5) is 0 Å². The summed E-state index contributed by atoms with van der Waals surface area (Å²) in [5, 5.41) is 3.07. The van der Waals surface area contributed by atoms with E-state index in [0.717, 1.165) is 19.3 Å². The molecule has 1 amide bonds. The summed E-state index contributed by atoms with van der Waals surface area (Å²) < 4.78 is 1.92. The van der Waals surface area contributed by atoms with Crippen molar-refractivity contribution in [2.24, 2.45) is 0 Å². The van der Waals surface area contributed by atoms with Crippen molar-refractivity contribution in [2.75, 3.05) is 0 Å². The lowest BCUT2D eigenvalue weighted by Crippen LogP contribution is -2.45. The van der Waals surface area contributed by atoms with Crippen molar-refractivity contribution in [3.63, 3.8) is 0 Å². The summed E-state index contributed by atoms with van der Waals surface area (Å²) in [6, 6.07) is 14.7. The minimum Gasteiger partial charge on any atom is -0.348 e. The number of hydrogen-bond donors (Lipinski definition) is 1. The summed E-state index contributed by atoms with van der Waals surface area (Å²) >= 11 is 0. The van der Waals surface area contributed by atoms with Crippen LogP contribution in [0, 0.1) is 0 Å². The van der Waals surface area contributed by atoms with E-state index in [1.54, 1.807) is 0 Å². The molecular formula is C19H25N2O+. The SMILES string of the molecule is CCc1cc[n+](CC(=O)N[C@H](C)CCc2ccccc2)cc1. The van der Waals surface area contributed by atoms with Crippen LogP contribution in [0.5, 0.6) is 0 Å². The highest BCUT2D eigenvalue weighted by Crippen LogP contribution is 2.04. The van der Waals surface area contributed by atoms with E-state index in [2.05, 4.69) is 55.6 Å². The van der Waals surface area contributed by atoms with Crippen molar-refractivity contribution < 1.29 is 9.36 Å². The number of amides is 1. The van der Waals surface area contributed by atoms with Crippen LogP contribution in [0.25, 0.3) is 0 Å². The third kappa shape index (κ3) is 5.32. The smallest absolute Gasteiger partial charge is 0.286 e. The topological polar surface area (TPSA) is 33.0 Å². The van der Waals surface area contributed by atoms with E-state index in [-0.39, 0.29) is 11.9 Å². The van der Waals surface area contributed by atoms with Crippen molar-refractivity contribution in [1.29, 1.82) is 0 Å². The quantitative estimate of drug-likeness (QED) is 0.783. The van der Waals surface area contributed by atoms with Gasteiger partial charge in [0.15, 0.2) is 12.4 Å². The first-order valence-electron chi connectivity index (χ1n) is 7.98. The van der Waals surface area contributed by atoms with Crippen molar-refractivity contribution >= 4 is 5.91 Å². The number of rotatable bonds is 7. The lowest BCUT2D eigenvalue weighted by Gasteiger charge is -2.12. The van der Waals surface area contributed by atoms with Crippen LogP contribution in [0.1, 0.15) is 31.4 Å². The number of nitrogens with zero attached hydrogens (tertiary/aromatic N) is 1. The van der Waals surface area contributed by atoms with Crippen LogP contribution in [-0.2, 0) is 24.2 Å². The molecule has 2 rings (SSSR count). The molecule has 1 aromatic carbocycles. The normalized spacial score (nSPS) is 11.9. The van der Waals surface area contributed by atoms with E-state index in [9.17, 15) is 4.79 Å². The van der Waals surface area contributed by atoms with Crippen molar-refractivity contribution in [3.8, 4) is 0 Å². The van der Waals surface area contributed by atoms with Gasteiger partial charge in [-0.2, -0.15) is 4.57 Å². The number of hydrogen-bond acceptors (Lipinski definition) is 1. The molecule has 3 heteroatoms. The van der Waals surface area contributed by atoms with Gasteiger partial charge >= 0.3 is 0 Å². The summed E-state index contributed by atoms with van der Waals surface area (Å²) in [7, 11) is 0. The second kappa shape index (κ2) is 8.32. The van der Waals surface area contributed by atoms with Crippen LogP contribution >= 0.6 is 0 Å². The number of carbonyl (C=O) groups excluding carboxylic acids is 1. The van der Waals surface area contributed by atoms with Gasteiger partial charge in [-0.05, 0) is 37.3 Å². The molecule has 3 nitrogen and oxygen atoms in total. The molecule has 1 heterocycles. The molecular weight excluding hydrogens is 272 g/mol. The second-order valence-corrected chi connectivity index (χ2v) is 5.73. The Morgan fingerprint density at radius 2 is 1.77 bits per heavy atom. The molecule has 0 fully saturated rings. The zero-order chi connectivity index (χ0) is 15.8. The van der Waals surface area contributed by atoms with E-state index >= 15 is 0 Å². The third-order valence-corrected chi connectivity index (χ3v) is 3.81. The van der Waals surface area contributed by atoms with Crippen LogP contribution < -0.4 is 9.88 Å². The number of aryl methyl sites for hydroxylation is 2. The van der Waals surface area contributed by atoms with Gasteiger partial charge in [-0.1, -0.05) is 37.3 Å². The zero-order valence-electron chi connectivity index (χ0n) is 13.5. The van der Waals surface area contributed by atoms with Gasteiger partial charge in [-0.25, -0.2) is 0 Å². The van der Waals surface area contributed by atoms with E-state index in [4.69, 9.17) is 0 Å². The molecule has 0 saturated heterocycles. The average Bonchev–Trinajstić information content (AvgIpc) is 2.54. The monoisotopic (exact) mass is 297 g/mol. The maximum atomic E-state index is 12.1. The molecule has 0 aliphatic rings. The molecule has 1 atom stereocenters.